The van der Waals surface area contributed by atoms with E-state index in [9.17, 15) is 5.11 Å². The molecule has 0 saturated heterocycles. The molecule has 41 heavy (non-hydrogen) atoms. The highest BCUT2D eigenvalue weighted by Gasteiger charge is 2.17. The summed E-state index contributed by atoms with van der Waals surface area (Å²) >= 11 is 0. The Balaban J connectivity index is 0.000000228. The zero-order valence-corrected chi connectivity index (χ0v) is 23.2. The molecule has 2 unspecified atom stereocenters. The molecule has 210 valence electrons. The molecule has 0 aliphatic heterocycles. The smallest absolute Gasteiger partial charge is 0.217 e. The first-order chi connectivity index (χ1) is 20.2. The Morgan fingerprint density at radius 1 is 0.707 bits per heavy atom. The Kier molecular flexibility index (Phi) is 13.3. The summed E-state index contributed by atoms with van der Waals surface area (Å²) in [5.41, 5.74) is 2.97. The van der Waals surface area contributed by atoms with Crippen LogP contribution in [0.2, 0.25) is 0 Å². The van der Waals surface area contributed by atoms with Gasteiger partial charge in [0, 0.05) is 19.2 Å². The molecular weight excluding hydrogens is 520 g/mol. The van der Waals surface area contributed by atoms with Gasteiger partial charge in [0.2, 0.25) is 11.8 Å². The van der Waals surface area contributed by atoms with Gasteiger partial charge in [-0.1, -0.05) is 72.5 Å². The summed E-state index contributed by atoms with van der Waals surface area (Å²) in [6, 6.07) is 22.5. The van der Waals surface area contributed by atoms with Crippen LogP contribution in [0, 0.1) is 23.7 Å². The van der Waals surface area contributed by atoms with Crippen molar-refractivity contribution in [3.8, 4) is 35.4 Å². The van der Waals surface area contributed by atoms with Crippen LogP contribution in [-0.2, 0) is 9.47 Å². The molecule has 2 heterocycles. The van der Waals surface area contributed by atoms with Crippen LogP contribution in [0.25, 0.3) is 0 Å². The summed E-state index contributed by atoms with van der Waals surface area (Å²) in [4.78, 5) is 16.4. The van der Waals surface area contributed by atoms with Gasteiger partial charge in [0.05, 0.1) is 11.4 Å². The summed E-state index contributed by atoms with van der Waals surface area (Å²) in [6.45, 7) is 4.24. The lowest BCUT2D eigenvalue weighted by atomic mass is 10.1. The van der Waals surface area contributed by atoms with Gasteiger partial charge in [-0.3, -0.25) is 0 Å². The van der Waals surface area contributed by atoms with Gasteiger partial charge in [0.25, 0.3) is 0 Å². The molecule has 0 radical (unpaired) electrons. The Morgan fingerprint density at radius 3 is 1.76 bits per heavy atom. The van der Waals surface area contributed by atoms with Crippen LogP contribution >= 0.6 is 0 Å². The molecule has 2 aromatic carbocycles. The van der Waals surface area contributed by atoms with E-state index in [1.54, 1.807) is 33.1 Å². The fourth-order valence-electron chi connectivity index (χ4n) is 3.44. The highest BCUT2D eigenvalue weighted by Crippen LogP contribution is 2.26. The second-order valence-electron chi connectivity index (χ2n) is 8.17. The third-order valence-electron chi connectivity index (χ3n) is 5.38. The zero-order valence-electron chi connectivity index (χ0n) is 23.2. The van der Waals surface area contributed by atoms with Crippen LogP contribution < -0.4 is 9.47 Å². The van der Waals surface area contributed by atoms with Gasteiger partial charge in [-0.15, -0.1) is 11.8 Å². The van der Waals surface area contributed by atoms with E-state index < -0.39 is 6.10 Å². The predicted octanol–water partition coefficient (Wildman–Crippen LogP) is 4.55. The summed E-state index contributed by atoms with van der Waals surface area (Å²) in [5.74, 6) is 12.0. The molecule has 0 aliphatic rings. The van der Waals surface area contributed by atoms with Crippen LogP contribution in [0.4, 0.5) is 0 Å². The third-order valence-corrected chi connectivity index (χ3v) is 5.38. The van der Waals surface area contributed by atoms with Crippen molar-refractivity contribution < 1.29 is 24.1 Å². The highest BCUT2D eigenvalue weighted by atomic mass is 16.7. The van der Waals surface area contributed by atoms with Gasteiger partial charge >= 0.3 is 0 Å². The monoisotopic (exact) mass is 552 g/mol. The molecule has 0 fully saturated rings. The van der Waals surface area contributed by atoms with Gasteiger partial charge in [0.1, 0.15) is 31.7 Å². The van der Waals surface area contributed by atoms with Crippen molar-refractivity contribution >= 4 is 0 Å². The number of methoxy groups -OCH3 is 1. The lowest BCUT2D eigenvalue weighted by Gasteiger charge is -2.17. The molecule has 0 amide bonds. The van der Waals surface area contributed by atoms with E-state index in [4.69, 9.17) is 18.9 Å². The van der Waals surface area contributed by atoms with E-state index in [-0.39, 0.29) is 19.5 Å². The maximum atomic E-state index is 10.2. The number of aliphatic hydroxyl groups is 1. The molecule has 1 N–H and O–H groups in total. The third kappa shape index (κ3) is 10.4. The maximum Gasteiger partial charge on any atom is 0.217 e. The standard InChI is InChI=1S/C17H18N2O3.C15H14N2O2/c1-3-4-10-21-16-11-15(18-12-19-16)17(22-13-20-2)14-8-6-5-7-9-14;1-2-3-9-19-14-10-13(16-11-17-14)15(18)12-7-5-4-6-8-12/h5-9,11-12,17H,10,13H2,1-2H3;4-8,10-11,15,18H,9H2,1H3. The number of hydrogen-bond acceptors (Lipinski definition) is 9. The number of rotatable bonds is 11. The Morgan fingerprint density at radius 2 is 1.22 bits per heavy atom. The predicted molar refractivity (Wildman–Crippen MR) is 154 cm³/mol. The molecule has 4 aromatic rings. The highest BCUT2D eigenvalue weighted by molar-refractivity contribution is 5.29. The number of aliphatic hydroxyl groups excluding tert-OH is 1. The minimum atomic E-state index is -0.788. The Labute approximate surface area is 240 Å². The van der Waals surface area contributed by atoms with E-state index in [0.29, 0.717) is 29.8 Å². The van der Waals surface area contributed by atoms with E-state index in [1.165, 1.54) is 12.7 Å². The van der Waals surface area contributed by atoms with Gasteiger partial charge in [-0.05, 0) is 25.0 Å². The van der Waals surface area contributed by atoms with Crippen molar-refractivity contribution in [1.29, 1.82) is 0 Å². The first-order valence-electron chi connectivity index (χ1n) is 12.7. The number of aromatic nitrogens is 4. The fourth-order valence-corrected chi connectivity index (χ4v) is 3.44. The molecule has 0 aliphatic carbocycles. The van der Waals surface area contributed by atoms with E-state index in [1.807, 2.05) is 60.7 Å². The summed E-state index contributed by atoms with van der Waals surface area (Å²) in [6.07, 6.45) is 1.69. The molecule has 0 spiro atoms. The van der Waals surface area contributed by atoms with Crippen LogP contribution in [0.5, 0.6) is 11.8 Å². The fraction of sp³-hybridized carbons (Fsp3) is 0.250. The second-order valence-corrected chi connectivity index (χ2v) is 8.17. The molecule has 4 rings (SSSR count). The normalized spacial score (nSPS) is 11.3. The average Bonchev–Trinajstić information content (AvgIpc) is 3.03. The number of nitrogens with zero attached hydrogens (tertiary/aromatic N) is 4. The van der Waals surface area contributed by atoms with E-state index >= 15 is 0 Å². The first kappa shape index (κ1) is 30.7. The topological polar surface area (TPSA) is 109 Å². The Hall–Kier alpha value is -4.80. The number of benzene rings is 2. The van der Waals surface area contributed by atoms with Crippen molar-refractivity contribution in [2.24, 2.45) is 0 Å². The van der Waals surface area contributed by atoms with Gasteiger partial charge < -0.3 is 24.1 Å². The largest absolute Gasteiger partial charge is 0.464 e. The van der Waals surface area contributed by atoms with Crippen LogP contribution in [-0.4, -0.2) is 52.2 Å². The first-order valence-corrected chi connectivity index (χ1v) is 12.7. The van der Waals surface area contributed by atoms with Crippen molar-refractivity contribution in [3.05, 3.63) is 108 Å². The van der Waals surface area contributed by atoms with Crippen molar-refractivity contribution in [2.75, 3.05) is 27.1 Å². The minimum Gasteiger partial charge on any atom is -0.464 e. The molecule has 9 heteroatoms. The molecule has 0 bridgehead atoms. The lowest BCUT2D eigenvalue weighted by Crippen LogP contribution is -2.11. The zero-order chi connectivity index (χ0) is 29.1. The second kappa shape index (κ2) is 17.7. The molecule has 0 saturated carbocycles. The summed E-state index contributed by atoms with van der Waals surface area (Å²) < 4.78 is 21.6. The van der Waals surface area contributed by atoms with Crippen molar-refractivity contribution in [1.82, 2.24) is 19.9 Å². The van der Waals surface area contributed by atoms with Crippen molar-refractivity contribution in [2.45, 2.75) is 26.1 Å². The molecule has 2 atom stereocenters. The number of ether oxygens (including phenoxy) is 4. The van der Waals surface area contributed by atoms with Crippen LogP contribution in [0.1, 0.15) is 48.6 Å². The van der Waals surface area contributed by atoms with Gasteiger partial charge in [-0.2, -0.15) is 0 Å². The maximum absolute atomic E-state index is 10.2. The summed E-state index contributed by atoms with van der Waals surface area (Å²) in [5, 5.41) is 10.2. The Bertz CT molecular complexity index is 1450. The van der Waals surface area contributed by atoms with Crippen LogP contribution in [0.3, 0.4) is 0 Å². The van der Waals surface area contributed by atoms with E-state index in [2.05, 4.69) is 43.6 Å². The van der Waals surface area contributed by atoms with Gasteiger partial charge in [0.15, 0.2) is 13.2 Å². The van der Waals surface area contributed by atoms with Crippen molar-refractivity contribution in [3.63, 3.8) is 0 Å². The van der Waals surface area contributed by atoms with Crippen LogP contribution in [0.15, 0.2) is 85.5 Å². The molecular formula is C32H32N4O5. The SMILES string of the molecule is CC#CCOc1cc(C(O)c2ccccc2)ncn1.CC#CCOc1cc(C(OCOC)c2ccccc2)ncn1. The minimum absolute atomic E-state index is 0.168. The molecule has 9 nitrogen and oxygen atoms in total. The van der Waals surface area contributed by atoms with Gasteiger partial charge in [-0.25, -0.2) is 19.9 Å². The van der Waals surface area contributed by atoms with E-state index in [0.717, 1.165) is 11.1 Å². The molecule has 2 aromatic heterocycles. The quantitative estimate of drug-likeness (QED) is 0.212. The average molecular weight is 553 g/mol. The number of hydrogen-bond donors (Lipinski definition) is 1. The lowest BCUT2D eigenvalue weighted by molar-refractivity contribution is -0.0605. The summed E-state index contributed by atoms with van der Waals surface area (Å²) in [7, 11) is 1.58.